The minimum absolute atomic E-state index is 0.214. The van der Waals surface area contributed by atoms with Gasteiger partial charge in [-0.2, -0.15) is 0 Å². The Morgan fingerprint density at radius 2 is 1.96 bits per heavy atom. The summed E-state index contributed by atoms with van der Waals surface area (Å²) < 4.78 is 6.07. The largest absolute Gasteiger partial charge is 0.490 e. The molecule has 0 aromatic heterocycles. The molecule has 6 nitrogen and oxygen atoms in total. The third-order valence-electron chi connectivity index (χ3n) is 4.82. The van der Waals surface area contributed by atoms with Crippen LogP contribution >= 0.6 is 0 Å². The zero-order valence-electron chi connectivity index (χ0n) is 13.7. The highest BCUT2D eigenvalue weighted by Crippen LogP contribution is 2.26. The SMILES string of the molecule is O=C(O)C1CCN(C(=O)NCc2ccccc2OC2CCCC2)C1. The molecule has 3 rings (SSSR count). The van der Waals surface area contributed by atoms with Crippen LogP contribution in [0.5, 0.6) is 5.75 Å². The van der Waals surface area contributed by atoms with Crippen molar-refractivity contribution < 1.29 is 19.4 Å². The predicted octanol–water partition coefficient (Wildman–Crippen LogP) is 2.62. The monoisotopic (exact) mass is 332 g/mol. The maximum absolute atomic E-state index is 12.2. The number of hydrogen-bond donors (Lipinski definition) is 2. The van der Waals surface area contributed by atoms with Crippen LogP contribution in [0.3, 0.4) is 0 Å². The molecule has 2 N–H and O–H groups in total. The van der Waals surface area contributed by atoms with Gasteiger partial charge < -0.3 is 20.1 Å². The summed E-state index contributed by atoms with van der Waals surface area (Å²) in [6, 6.07) is 7.55. The van der Waals surface area contributed by atoms with E-state index < -0.39 is 11.9 Å². The molecule has 6 heteroatoms. The van der Waals surface area contributed by atoms with Gasteiger partial charge in [0.1, 0.15) is 5.75 Å². The van der Waals surface area contributed by atoms with Crippen molar-refractivity contribution >= 4 is 12.0 Å². The van der Waals surface area contributed by atoms with E-state index in [1.54, 1.807) is 4.90 Å². The highest BCUT2D eigenvalue weighted by Gasteiger charge is 2.30. The Balaban J connectivity index is 1.54. The Hall–Kier alpha value is -2.24. The lowest BCUT2D eigenvalue weighted by atomic mass is 10.1. The first kappa shape index (κ1) is 16.6. The first-order valence-electron chi connectivity index (χ1n) is 8.63. The molecular formula is C18H24N2O4. The third-order valence-corrected chi connectivity index (χ3v) is 4.82. The highest BCUT2D eigenvalue weighted by atomic mass is 16.5. The smallest absolute Gasteiger partial charge is 0.317 e. The normalized spacial score (nSPS) is 21.0. The molecule has 0 spiro atoms. The van der Waals surface area contributed by atoms with Crippen LogP contribution in [0.4, 0.5) is 4.79 Å². The van der Waals surface area contributed by atoms with E-state index in [-0.39, 0.29) is 18.7 Å². The molecule has 24 heavy (non-hydrogen) atoms. The van der Waals surface area contributed by atoms with Gasteiger partial charge in [0.05, 0.1) is 12.0 Å². The molecule has 2 aliphatic rings. The number of benzene rings is 1. The molecule has 1 unspecified atom stereocenters. The summed E-state index contributed by atoms with van der Waals surface area (Å²) in [6.45, 7) is 1.15. The number of nitrogens with zero attached hydrogens (tertiary/aromatic N) is 1. The number of carboxylic acids is 1. The summed E-state index contributed by atoms with van der Waals surface area (Å²) in [4.78, 5) is 24.8. The van der Waals surface area contributed by atoms with Crippen molar-refractivity contribution in [3.63, 3.8) is 0 Å². The summed E-state index contributed by atoms with van der Waals surface area (Å²) in [7, 11) is 0. The molecule has 0 radical (unpaired) electrons. The molecule has 1 atom stereocenters. The molecule has 2 fully saturated rings. The van der Waals surface area contributed by atoms with E-state index in [0.717, 1.165) is 24.2 Å². The van der Waals surface area contributed by atoms with Crippen molar-refractivity contribution in [3.05, 3.63) is 29.8 Å². The maximum atomic E-state index is 12.2. The lowest BCUT2D eigenvalue weighted by Crippen LogP contribution is -2.38. The van der Waals surface area contributed by atoms with E-state index in [1.807, 2.05) is 24.3 Å². The number of amides is 2. The van der Waals surface area contributed by atoms with Gasteiger partial charge in [-0.25, -0.2) is 4.79 Å². The molecule has 1 saturated carbocycles. The second kappa shape index (κ2) is 7.55. The zero-order valence-corrected chi connectivity index (χ0v) is 13.7. The van der Waals surface area contributed by atoms with Gasteiger partial charge in [-0.3, -0.25) is 4.79 Å². The number of rotatable bonds is 5. The number of carbonyl (C=O) groups is 2. The standard InChI is InChI=1S/C18H24N2O4/c21-17(22)14-9-10-20(12-14)18(23)19-11-13-5-1-4-8-16(13)24-15-6-2-3-7-15/h1,4-5,8,14-15H,2-3,6-7,9-12H2,(H,19,23)(H,21,22). The molecule has 1 saturated heterocycles. The lowest BCUT2D eigenvalue weighted by molar-refractivity contribution is -0.141. The quantitative estimate of drug-likeness (QED) is 0.869. The number of para-hydroxylation sites is 1. The first-order valence-corrected chi connectivity index (χ1v) is 8.63. The molecule has 1 heterocycles. The van der Waals surface area contributed by atoms with Crippen molar-refractivity contribution in [2.75, 3.05) is 13.1 Å². The summed E-state index contributed by atoms with van der Waals surface area (Å²) in [5, 5.41) is 11.9. The van der Waals surface area contributed by atoms with Crippen LogP contribution in [0, 0.1) is 5.92 Å². The minimum atomic E-state index is -0.833. The number of carboxylic acid groups (broad SMARTS) is 1. The van der Waals surface area contributed by atoms with E-state index >= 15 is 0 Å². The number of ether oxygens (including phenoxy) is 1. The van der Waals surface area contributed by atoms with Crippen LogP contribution in [0.25, 0.3) is 0 Å². The number of hydrogen-bond acceptors (Lipinski definition) is 3. The van der Waals surface area contributed by atoms with Gasteiger partial charge in [0.15, 0.2) is 0 Å². The van der Waals surface area contributed by atoms with Crippen molar-refractivity contribution in [2.45, 2.75) is 44.8 Å². The van der Waals surface area contributed by atoms with Gasteiger partial charge in [0.25, 0.3) is 0 Å². The number of aliphatic carboxylic acids is 1. The van der Waals surface area contributed by atoms with Crippen molar-refractivity contribution in [2.24, 2.45) is 5.92 Å². The third kappa shape index (κ3) is 3.99. The van der Waals surface area contributed by atoms with Crippen molar-refractivity contribution in [1.82, 2.24) is 10.2 Å². The number of urea groups is 1. The van der Waals surface area contributed by atoms with Crippen LogP contribution in [-0.4, -0.2) is 41.2 Å². The van der Waals surface area contributed by atoms with E-state index in [0.29, 0.717) is 19.5 Å². The summed E-state index contributed by atoms with van der Waals surface area (Å²) >= 11 is 0. The van der Waals surface area contributed by atoms with E-state index in [2.05, 4.69) is 5.32 Å². The Kier molecular flexibility index (Phi) is 5.23. The fourth-order valence-corrected chi connectivity index (χ4v) is 3.38. The predicted molar refractivity (Wildman–Crippen MR) is 88.9 cm³/mol. The molecule has 2 amide bonds. The molecule has 1 aliphatic heterocycles. The van der Waals surface area contributed by atoms with Gasteiger partial charge >= 0.3 is 12.0 Å². The van der Waals surface area contributed by atoms with Crippen molar-refractivity contribution in [1.29, 1.82) is 0 Å². The van der Waals surface area contributed by atoms with Gasteiger partial charge in [-0.05, 0) is 38.2 Å². The Bertz CT molecular complexity index is 598. The molecular weight excluding hydrogens is 308 g/mol. The molecule has 0 bridgehead atoms. The topological polar surface area (TPSA) is 78.9 Å². The average molecular weight is 332 g/mol. The average Bonchev–Trinajstić information content (AvgIpc) is 3.25. The second-order valence-corrected chi connectivity index (χ2v) is 6.56. The maximum Gasteiger partial charge on any atom is 0.317 e. The summed E-state index contributed by atoms with van der Waals surface area (Å²) in [5.74, 6) is -0.455. The van der Waals surface area contributed by atoms with Gasteiger partial charge in [-0.1, -0.05) is 18.2 Å². The lowest BCUT2D eigenvalue weighted by Gasteiger charge is -2.19. The molecule has 1 aromatic carbocycles. The minimum Gasteiger partial charge on any atom is -0.490 e. The van der Waals surface area contributed by atoms with E-state index in [9.17, 15) is 9.59 Å². The fourth-order valence-electron chi connectivity index (χ4n) is 3.38. The Morgan fingerprint density at radius 1 is 1.21 bits per heavy atom. The highest BCUT2D eigenvalue weighted by molar-refractivity contribution is 5.77. The zero-order chi connectivity index (χ0) is 16.9. The second-order valence-electron chi connectivity index (χ2n) is 6.56. The van der Waals surface area contributed by atoms with Crippen LogP contribution in [0.2, 0.25) is 0 Å². The Morgan fingerprint density at radius 3 is 2.67 bits per heavy atom. The fraction of sp³-hybridized carbons (Fsp3) is 0.556. The van der Waals surface area contributed by atoms with Gasteiger partial charge in [-0.15, -0.1) is 0 Å². The first-order chi connectivity index (χ1) is 11.6. The summed E-state index contributed by atoms with van der Waals surface area (Å²) in [6.07, 6.45) is 5.39. The van der Waals surface area contributed by atoms with Crippen LogP contribution in [-0.2, 0) is 11.3 Å². The number of nitrogens with one attached hydrogen (secondary N) is 1. The number of carbonyl (C=O) groups excluding carboxylic acids is 1. The van der Waals surface area contributed by atoms with E-state index in [1.165, 1.54) is 12.8 Å². The Labute approximate surface area is 141 Å². The van der Waals surface area contributed by atoms with Crippen LogP contribution < -0.4 is 10.1 Å². The van der Waals surface area contributed by atoms with E-state index in [4.69, 9.17) is 9.84 Å². The van der Waals surface area contributed by atoms with Crippen molar-refractivity contribution in [3.8, 4) is 5.75 Å². The molecule has 1 aliphatic carbocycles. The van der Waals surface area contributed by atoms with Gasteiger partial charge in [0, 0.05) is 25.2 Å². The molecule has 1 aromatic rings. The summed E-state index contributed by atoms with van der Waals surface area (Å²) in [5.41, 5.74) is 0.951. The molecule has 130 valence electrons. The number of likely N-dealkylation sites (tertiary alicyclic amines) is 1. The van der Waals surface area contributed by atoms with Gasteiger partial charge in [0.2, 0.25) is 0 Å². The van der Waals surface area contributed by atoms with Crippen LogP contribution in [0.15, 0.2) is 24.3 Å². The van der Waals surface area contributed by atoms with Crippen LogP contribution in [0.1, 0.15) is 37.7 Å².